The summed E-state index contributed by atoms with van der Waals surface area (Å²) in [6.07, 6.45) is -5.30. The fourth-order valence-corrected chi connectivity index (χ4v) is 1.79. The van der Waals surface area contributed by atoms with Crippen LogP contribution in [0.15, 0.2) is 54.6 Å². The van der Waals surface area contributed by atoms with Crippen LogP contribution in [0.4, 0.5) is 13.2 Å². The van der Waals surface area contributed by atoms with Crippen LogP contribution in [-0.4, -0.2) is 24.5 Å². The first-order chi connectivity index (χ1) is 10.5. The van der Waals surface area contributed by atoms with Crippen molar-refractivity contribution in [3.63, 3.8) is 0 Å². The Kier molecular flexibility index (Phi) is 5.27. The summed E-state index contributed by atoms with van der Waals surface area (Å²) in [6.45, 7) is -1.48. The Bertz CT molecular complexity index is 585. The molecule has 0 bridgehead atoms. The number of ether oxygens (including phenoxy) is 2. The minimum Gasteiger partial charge on any atom is -0.487 e. The van der Waals surface area contributed by atoms with Gasteiger partial charge in [-0.2, -0.15) is 13.2 Å². The quantitative estimate of drug-likeness (QED) is 0.883. The normalized spacial score (nSPS) is 12.7. The first-order valence-electron chi connectivity index (χ1n) is 6.60. The van der Waals surface area contributed by atoms with Gasteiger partial charge in [0.2, 0.25) is 0 Å². The predicted octanol–water partition coefficient (Wildman–Crippen LogP) is 3.74. The molecule has 0 fully saturated rings. The van der Waals surface area contributed by atoms with Gasteiger partial charge in [-0.15, -0.1) is 0 Å². The second-order valence-electron chi connectivity index (χ2n) is 4.59. The maximum atomic E-state index is 12.2. The fraction of sp³-hybridized carbons (Fsp3) is 0.250. The highest BCUT2D eigenvalue weighted by Crippen LogP contribution is 2.29. The zero-order valence-electron chi connectivity index (χ0n) is 11.6. The third-order valence-electron chi connectivity index (χ3n) is 2.82. The lowest BCUT2D eigenvalue weighted by Crippen LogP contribution is -2.19. The number of alkyl halides is 3. The summed E-state index contributed by atoms with van der Waals surface area (Å²) in [5, 5.41) is 9.99. The number of benzene rings is 2. The summed E-state index contributed by atoms with van der Waals surface area (Å²) < 4.78 is 46.7. The van der Waals surface area contributed by atoms with Gasteiger partial charge in [-0.3, -0.25) is 0 Å². The molecule has 0 radical (unpaired) electrons. The van der Waals surface area contributed by atoms with Crippen LogP contribution in [0.5, 0.6) is 11.5 Å². The summed E-state index contributed by atoms with van der Waals surface area (Å²) in [4.78, 5) is 0. The summed E-state index contributed by atoms with van der Waals surface area (Å²) in [7, 11) is 0. The Morgan fingerprint density at radius 2 is 1.41 bits per heavy atom. The van der Waals surface area contributed by atoms with Crippen LogP contribution < -0.4 is 9.47 Å². The monoisotopic (exact) mass is 312 g/mol. The molecule has 118 valence electrons. The molecule has 1 unspecified atom stereocenters. The Balaban J connectivity index is 1.98. The molecule has 0 spiro atoms. The zero-order chi connectivity index (χ0) is 16.0. The Labute approximate surface area is 125 Å². The molecule has 2 aromatic carbocycles. The predicted molar refractivity (Wildman–Crippen MR) is 74.9 cm³/mol. The number of aliphatic hydroxyl groups is 1. The molecule has 0 heterocycles. The summed E-state index contributed by atoms with van der Waals surface area (Å²) in [6, 6.07) is 14.9. The second kappa shape index (κ2) is 7.17. The molecule has 0 aliphatic carbocycles. The van der Waals surface area contributed by atoms with Crippen molar-refractivity contribution in [3.05, 3.63) is 60.2 Å². The molecule has 0 aliphatic rings. The van der Waals surface area contributed by atoms with Crippen molar-refractivity contribution >= 4 is 0 Å². The van der Waals surface area contributed by atoms with Crippen molar-refractivity contribution in [2.45, 2.75) is 12.3 Å². The molecular weight excluding hydrogens is 297 g/mol. The average Bonchev–Trinajstić information content (AvgIpc) is 2.51. The van der Waals surface area contributed by atoms with Gasteiger partial charge in [-0.25, -0.2) is 0 Å². The van der Waals surface area contributed by atoms with E-state index in [1.807, 2.05) is 6.07 Å². The van der Waals surface area contributed by atoms with Crippen molar-refractivity contribution < 1.29 is 27.8 Å². The van der Waals surface area contributed by atoms with Gasteiger partial charge in [0.25, 0.3) is 0 Å². The smallest absolute Gasteiger partial charge is 0.422 e. The molecule has 1 atom stereocenters. The molecule has 0 saturated carbocycles. The van der Waals surface area contributed by atoms with Crippen LogP contribution in [0.1, 0.15) is 11.7 Å². The molecule has 0 saturated heterocycles. The van der Waals surface area contributed by atoms with Gasteiger partial charge in [-0.05, 0) is 17.7 Å². The Hall–Kier alpha value is -2.21. The standard InChI is InChI=1S/C16H15F3O3/c17-16(18,19)11-22-15-9-5-4-8-14(15)21-10-13(20)12-6-2-1-3-7-12/h1-9,13,20H,10-11H2. The molecule has 2 rings (SSSR count). The maximum absolute atomic E-state index is 12.2. The molecule has 0 amide bonds. The molecule has 2 aromatic rings. The Morgan fingerprint density at radius 3 is 2.00 bits per heavy atom. The minimum atomic E-state index is -4.42. The summed E-state index contributed by atoms with van der Waals surface area (Å²) >= 11 is 0. The third-order valence-corrected chi connectivity index (χ3v) is 2.82. The van der Waals surface area contributed by atoms with Crippen LogP contribution in [-0.2, 0) is 0 Å². The van der Waals surface area contributed by atoms with E-state index in [2.05, 4.69) is 0 Å². The lowest BCUT2D eigenvalue weighted by atomic mass is 10.1. The van der Waals surface area contributed by atoms with Crippen LogP contribution >= 0.6 is 0 Å². The van der Waals surface area contributed by atoms with Gasteiger partial charge >= 0.3 is 6.18 Å². The average molecular weight is 312 g/mol. The van der Waals surface area contributed by atoms with Crippen molar-refractivity contribution in [1.82, 2.24) is 0 Å². The molecule has 6 heteroatoms. The number of halogens is 3. The largest absolute Gasteiger partial charge is 0.487 e. The maximum Gasteiger partial charge on any atom is 0.422 e. The van der Waals surface area contributed by atoms with E-state index in [0.717, 1.165) is 0 Å². The Morgan fingerprint density at radius 1 is 0.864 bits per heavy atom. The fourth-order valence-electron chi connectivity index (χ4n) is 1.79. The van der Waals surface area contributed by atoms with Crippen LogP contribution in [0.3, 0.4) is 0 Å². The highest BCUT2D eigenvalue weighted by atomic mass is 19.4. The highest BCUT2D eigenvalue weighted by Gasteiger charge is 2.29. The van der Waals surface area contributed by atoms with E-state index in [0.29, 0.717) is 5.56 Å². The molecule has 22 heavy (non-hydrogen) atoms. The number of aliphatic hydroxyl groups excluding tert-OH is 1. The van der Waals surface area contributed by atoms with Crippen molar-refractivity contribution in [2.24, 2.45) is 0 Å². The van der Waals surface area contributed by atoms with Crippen molar-refractivity contribution in [3.8, 4) is 11.5 Å². The SMILES string of the molecule is OC(COc1ccccc1OCC(F)(F)F)c1ccccc1. The lowest BCUT2D eigenvalue weighted by Gasteiger charge is -2.16. The minimum absolute atomic E-state index is 0.0138. The zero-order valence-corrected chi connectivity index (χ0v) is 11.6. The molecular formula is C16H15F3O3. The van der Waals surface area contributed by atoms with Gasteiger partial charge in [0.15, 0.2) is 18.1 Å². The molecule has 0 aromatic heterocycles. The number of hydrogen-bond acceptors (Lipinski definition) is 3. The molecule has 3 nitrogen and oxygen atoms in total. The summed E-state index contributed by atoms with van der Waals surface area (Å²) in [5.41, 5.74) is 0.663. The number of hydrogen-bond donors (Lipinski definition) is 1. The van der Waals surface area contributed by atoms with E-state index in [9.17, 15) is 18.3 Å². The number of para-hydroxylation sites is 2. The van der Waals surface area contributed by atoms with E-state index < -0.39 is 18.9 Å². The van der Waals surface area contributed by atoms with Gasteiger partial charge in [0.05, 0.1) is 0 Å². The number of rotatable bonds is 6. The lowest BCUT2D eigenvalue weighted by molar-refractivity contribution is -0.153. The van der Waals surface area contributed by atoms with E-state index in [-0.39, 0.29) is 18.1 Å². The van der Waals surface area contributed by atoms with Gasteiger partial charge in [-0.1, -0.05) is 42.5 Å². The van der Waals surface area contributed by atoms with Crippen LogP contribution in [0.2, 0.25) is 0 Å². The van der Waals surface area contributed by atoms with Crippen LogP contribution in [0, 0.1) is 0 Å². The van der Waals surface area contributed by atoms with E-state index in [1.54, 1.807) is 36.4 Å². The first-order valence-corrected chi connectivity index (χ1v) is 6.60. The van der Waals surface area contributed by atoms with Crippen LogP contribution in [0.25, 0.3) is 0 Å². The van der Waals surface area contributed by atoms with E-state index in [4.69, 9.17) is 9.47 Å². The highest BCUT2D eigenvalue weighted by molar-refractivity contribution is 5.39. The van der Waals surface area contributed by atoms with Gasteiger partial charge in [0.1, 0.15) is 12.7 Å². The van der Waals surface area contributed by atoms with Crippen molar-refractivity contribution in [1.29, 1.82) is 0 Å². The van der Waals surface area contributed by atoms with Crippen molar-refractivity contribution in [2.75, 3.05) is 13.2 Å². The topological polar surface area (TPSA) is 38.7 Å². The summed E-state index contributed by atoms with van der Waals surface area (Å²) in [5.74, 6) is 0.141. The molecule has 0 aliphatic heterocycles. The molecule has 1 N–H and O–H groups in total. The second-order valence-corrected chi connectivity index (χ2v) is 4.59. The third kappa shape index (κ3) is 4.96. The van der Waals surface area contributed by atoms with E-state index in [1.165, 1.54) is 12.1 Å². The van der Waals surface area contributed by atoms with Gasteiger partial charge < -0.3 is 14.6 Å². The van der Waals surface area contributed by atoms with E-state index >= 15 is 0 Å². The first kappa shape index (κ1) is 16.2. The van der Waals surface area contributed by atoms with Gasteiger partial charge in [0, 0.05) is 0 Å².